The zero-order chi connectivity index (χ0) is 20.6. The van der Waals surface area contributed by atoms with Gasteiger partial charge in [0.05, 0.1) is 12.1 Å². The fourth-order valence-electron chi connectivity index (χ4n) is 3.35. The lowest BCUT2D eigenvalue weighted by molar-refractivity contribution is -0.137. The molecule has 29 heavy (non-hydrogen) atoms. The van der Waals surface area contributed by atoms with E-state index in [-0.39, 0.29) is 18.2 Å². The van der Waals surface area contributed by atoms with Crippen molar-refractivity contribution in [3.63, 3.8) is 0 Å². The summed E-state index contributed by atoms with van der Waals surface area (Å²) in [6.45, 7) is 2.05. The van der Waals surface area contributed by atoms with E-state index in [1.807, 2.05) is 17.5 Å². The van der Waals surface area contributed by atoms with Crippen molar-refractivity contribution in [2.24, 2.45) is 0 Å². The lowest BCUT2D eigenvalue weighted by Gasteiger charge is -2.22. The van der Waals surface area contributed by atoms with E-state index in [1.54, 1.807) is 19.1 Å². The predicted molar refractivity (Wildman–Crippen MR) is 104 cm³/mol. The van der Waals surface area contributed by atoms with Crippen molar-refractivity contribution < 1.29 is 22.7 Å². The summed E-state index contributed by atoms with van der Waals surface area (Å²) >= 11 is 1.54. The molecule has 0 spiro atoms. The van der Waals surface area contributed by atoms with Gasteiger partial charge in [-0.2, -0.15) is 13.2 Å². The molecule has 1 unspecified atom stereocenters. The number of amides is 1. The molecule has 3 aromatic rings. The van der Waals surface area contributed by atoms with Gasteiger partial charge in [0, 0.05) is 23.1 Å². The second-order valence-electron chi connectivity index (χ2n) is 6.99. The van der Waals surface area contributed by atoms with Crippen LogP contribution < -0.4 is 10.1 Å². The van der Waals surface area contributed by atoms with E-state index in [2.05, 4.69) is 10.3 Å². The number of benzene rings is 1. The lowest BCUT2D eigenvalue weighted by Crippen LogP contribution is -2.47. The number of pyridine rings is 1. The third-order valence-electron chi connectivity index (χ3n) is 4.84. The van der Waals surface area contributed by atoms with E-state index in [0.29, 0.717) is 23.2 Å². The molecule has 4 rings (SSSR count). The van der Waals surface area contributed by atoms with Gasteiger partial charge in [-0.15, -0.1) is 11.3 Å². The van der Waals surface area contributed by atoms with Crippen molar-refractivity contribution in [3.05, 3.63) is 70.0 Å². The Morgan fingerprint density at radius 2 is 2.10 bits per heavy atom. The minimum Gasteiger partial charge on any atom is -0.461 e. The number of thiophene rings is 1. The maximum Gasteiger partial charge on any atom is 0.416 e. The minimum absolute atomic E-state index is 0.220. The summed E-state index contributed by atoms with van der Waals surface area (Å²) in [5.41, 5.74) is -0.289. The van der Waals surface area contributed by atoms with Crippen LogP contribution in [0.15, 0.2) is 54.0 Å². The van der Waals surface area contributed by atoms with E-state index in [0.717, 1.165) is 17.0 Å². The molecule has 0 saturated carbocycles. The molecular weight excluding hydrogens is 401 g/mol. The second-order valence-corrected chi connectivity index (χ2v) is 8.02. The number of nitrogens with one attached hydrogen (secondary N) is 1. The van der Waals surface area contributed by atoms with Crippen LogP contribution in [-0.2, 0) is 23.9 Å². The highest BCUT2D eigenvalue weighted by molar-refractivity contribution is 7.09. The van der Waals surface area contributed by atoms with E-state index in [9.17, 15) is 18.0 Å². The highest BCUT2D eigenvalue weighted by Gasteiger charge is 2.43. The number of carbonyl (C=O) groups is 1. The normalized spacial score (nSPS) is 18.2. The number of carbonyl (C=O) groups excluding carboxylic acids is 1. The number of hydrogen-bond acceptors (Lipinski definition) is 4. The zero-order valence-corrected chi connectivity index (χ0v) is 16.2. The van der Waals surface area contributed by atoms with Crippen LogP contribution in [0.25, 0.3) is 11.1 Å². The monoisotopic (exact) mass is 418 g/mol. The van der Waals surface area contributed by atoms with Crippen LogP contribution in [0.1, 0.15) is 22.9 Å². The average Bonchev–Trinajstić information content (AvgIpc) is 3.32. The number of ether oxygens (including phenoxy) is 1. The Hall–Kier alpha value is -2.87. The SMILES string of the molecule is CC1(C(=O)NCc2cccs2)Cc2c(-c3cccc(C(F)(F)F)c3)ccnc2O1. The number of aromatic nitrogens is 1. The van der Waals surface area contributed by atoms with Gasteiger partial charge in [0.2, 0.25) is 5.88 Å². The molecular formula is C21H17F3N2O2S. The van der Waals surface area contributed by atoms with Crippen LogP contribution in [0.3, 0.4) is 0 Å². The van der Waals surface area contributed by atoms with E-state index in [4.69, 9.17) is 4.74 Å². The standard InChI is InChI=1S/C21H17F3N2O2S/c1-20(19(27)26-12-15-6-3-9-29-15)11-17-16(7-8-25-18(17)28-20)13-4-2-5-14(10-13)21(22,23)24/h2-10H,11-12H2,1H3,(H,26,27). The number of alkyl halides is 3. The summed E-state index contributed by atoms with van der Waals surface area (Å²) < 4.78 is 45.1. The van der Waals surface area contributed by atoms with Crippen molar-refractivity contribution in [3.8, 4) is 17.0 Å². The molecule has 1 aliphatic rings. The van der Waals surface area contributed by atoms with Gasteiger partial charge < -0.3 is 10.1 Å². The number of halogens is 3. The van der Waals surface area contributed by atoms with Crippen LogP contribution in [0, 0.1) is 0 Å². The fraction of sp³-hybridized carbons (Fsp3) is 0.238. The minimum atomic E-state index is -4.43. The molecule has 0 radical (unpaired) electrons. The third-order valence-corrected chi connectivity index (χ3v) is 5.71. The van der Waals surface area contributed by atoms with Gasteiger partial charge in [-0.1, -0.05) is 18.2 Å². The molecule has 2 aromatic heterocycles. The molecule has 3 heterocycles. The van der Waals surface area contributed by atoms with Crippen molar-refractivity contribution in [2.75, 3.05) is 0 Å². The first-order valence-electron chi connectivity index (χ1n) is 8.91. The molecule has 1 aromatic carbocycles. The lowest BCUT2D eigenvalue weighted by atomic mass is 9.92. The second kappa shape index (κ2) is 7.18. The third kappa shape index (κ3) is 3.85. The van der Waals surface area contributed by atoms with Gasteiger partial charge in [0.25, 0.3) is 5.91 Å². The molecule has 1 atom stereocenters. The summed E-state index contributed by atoms with van der Waals surface area (Å²) in [6, 6.07) is 10.6. The number of nitrogens with zero attached hydrogens (tertiary/aromatic N) is 1. The summed E-state index contributed by atoms with van der Waals surface area (Å²) in [5, 5.41) is 4.79. The molecule has 1 N–H and O–H groups in total. The van der Waals surface area contributed by atoms with Crippen molar-refractivity contribution in [2.45, 2.75) is 31.7 Å². The highest BCUT2D eigenvalue weighted by Crippen LogP contribution is 2.41. The van der Waals surface area contributed by atoms with E-state index >= 15 is 0 Å². The van der Waals surface area contributed by atoms with E-state index < -0.39 is 17.3 Å². The Bertz CT molecular complexity index is 1050. The van der Waals surface area contributed by atoms with Crippen LogP contribution in [-0.4, -0.2) is 16.5 Å². The number of hydrogen-bond donors (Lipinski definition) is 1. The van der Waals surface area contributed by atoms with Gasteiger partial charge in [0.1, 0.15) is 0 Å². The maximum atomic E-state index is 13.1. The predicted octanol–water partition coefficient (Wildman–Crippen LogP) is 4.84. The Balaban J connectivity index is 1.60. The van der Waals surface area contributed by atoms with Crippen LogP contribution >= 0.6 is 11.3 Å². The summed E-state index contributed by atoms with van der Waals surface area (Å²) in [7, 11) is 0. The quantitative estimate of drug-likeness (QED) is 0.660. The fourth-order valence-corrected chi connectivity index (χ4v) is 3.99. The van der Waals surface area contributed by atoms with Crippen molar-refractivity contribution in [1.82, 2.24) is 10.3 Å². The first-order chi connectivity index (χ1) is 13.8. The smallest absolute Gasteiger partial charge is 0.416 e. The average molecular weight is 418 g/mol. The topological polar surface area (TPSA) is 51.2 Å². The Labute approximate surface area is 169 Å². The van der Waals surface area contributed by atoms with Crippen LogP contribution in [0.5, 0.6) is 5.88 Å². The molecule has 0 fully saturated rings. The van der Waals surface area contributed by atoms with Gasteiger partial charge in [0.15, 0.2) is 5.60 Å². The zero-order valence-electron chi connectivity index (χ0n) is 15.4. The van der Waals surface area contributed by atoms with Gasteiger partial charge in [-0.25, -0.2) is 4.98 Å². The Kier molecular flexibility index (Phi) is 4.82. The maximum absolute atomic E-state index is 13.1. The van der Waals surface area contributed by atoms with E-state index in [1.165, 1.54) is 23.6 Å². The molecule has 0 bridgehead atoms. The first kappa shape index (κ1) is 19.4. The molecule has 150 valence electrons. The van der Waals surface area contributed by atoms with Crippen LogP contribution in [0.2, 0.25) is 0 Å². The summed E-state index contributed by atoms with van der Waals surface area (Å²) in [6.07, 6.45) is -2.74. The van der Waals surface area contributed by atoms with Gasteiger partial charge in [-0.3, -0.25) is 4.79 Å². The summed E-state index contributed by atoms with van der Waals surface area (Å²) in [4.78, 5) is 18.0. The van der Waals surface area contributed by atoms with Gasteiger partial charge >= 0.3 is 6.18 Å². The molecule has 1 aliphatic heterocycles. The summed E-state index contributed by atoms with van der Waals surface area (Å²) in [5.74, 6) is -0.0208. The first-order valence-corrected chi connectivity index (χ1v) is 9.79. The molecule has 0 saturated heterocycles. The van der Waals surface area contributed by atoms with Gasteiger partial charge in [-0.05, 0) is 47.7 Å². The number of fused-ring (bicyclic) bond motifs is 1. The largest absolute Gasteiger partial charge is 0.461 e. The highest BCUT2D eigenvalue weighted by atomic mass is 32.1. The van der Waals surface area contributed by atoms with Crippen molar-refractivity contribution in [1.29, 1.82) is 0 Å². The Morgan fingerprint density at radius 3 is 2.83 bits per heavy atom. The Morgan fingerprint density at radius 1 is 1.28 bits per heavy atom. The molecule has 8 heteroatoms. The van der Waals surface area contributed by atoms with Crippen molar-refractivity contribution >= 4 is 17.2 Å². The number of rotatable bonds is 4. The van der Waals surface area contributed by atoms with Crippen LogP contribution in [0.4, 0.5) is 13.2 Å². The molecule has 4 nitrogen and oxygen atoms in total. The molecule has 0 aliphatic carbocycles. The molecule has 1 amide bonds.